The SMILES string of the molecule is NC(=O)c1cc(NC(=O)c2ccc(F)nc2)ccc1Cl. The van der Waals surface area contributed by atoms with Crippen LogP contribution < -0.4 is 11.1 Å². The van der Waals surface area contributed by atoms with Gasteiger partial charge < -0.3 is 11.1 Å². The molecule has 0 aliphatic carbocycles. The average molecular weight is 294 g/mol. The predicted molar refractivity (Wildman–Crippen MR) is 72.1 cm³/mol. The molecule has 2 amide bonds. The predicted octanol–water partition coefficient (Wildman–Crippen LogP) is 2.23. The van der Waals surface area contributed by atoms with Crippen molar-refractivity contribution in [1.29, 1.82) is 0 Å². The number of carbonyl (C=O) groups excluding carboxylic acids is 2. The number of nitrogens with zero attached hydrogens (tertiary/aromatic N) is 1. The van der Waals surface area contributed by atoms with E-state index >= 15 is 0 Å². The highest BCUT2D eigenvalue weighted by Gasteiger charge is 2.11. The fourth-order valence-corrected chi connectivity index (χ4v) is 1.72. The first-order valence-electron chi connectivity index (χ1n) is 5.49. The lowest BCUT2D eigenvalue weighted by Crippen LogP contribution is -2.15. The number of primary amides is 1. The lowest BCUT2D eigenvalue weighted by molar-refractivity contribution is 0.0996. The second kappa shape index (κ2) is 5.66. The number of nitrogens with one attached hydrogen (secondary N) is 1. The molecule has 0 spiro atoms. The Morgan fingerprint density at radius 3 is 2.60 bits per heavy atom. The fourth-order valence-electron chi connectivity index (χ4n) is 1.51. The Labute approximate surface area is 118 Å². The third-order valence-electron chi connectivity index (χ3n) is 2.48. The van der Waals surface area contributed by atoms with Crippen LogP contribution >= 0.6 is 11.6 Å². The molecular weight excluding hydrogens is 285 g/mol. The zero-order valence-corrected chi connectivity index (χ0v) is 10.8. The third-order valence-corrected chi connectivity index (χ3v) is 2.81. The summed E-state index contributed by atoms with van der Waals surface area (Å²) in [5.74, 6) is -1.87. The molecule has 1 aromatic carbocycles. The summed E-state index contributed by atoms with van der Waals surface area (Å²) in [5, 5.41) is 2.73. The summed E-state index contributed by atoms with van der Waals surface area (Å²) < 4.78 is 12.7. The molecule has 0 radical (unpaired) electrons. The molecule has 20 heavy (non-hydrogen) atoms. The van der Waals surface area contributed by atoms with Crippen LogP contribution in [0, 0.1) is 5.95 Å². The summed E-state index contributed by atoms with van der Waals surface area (Å²) in [6.07, 6.45) is 1.11. The van der Waals surface area contributed by atoms with E-state index in [0.717, 1.165) is 12.3 Å². The number of halogens is 2. The van der Waals surface area contributed by atoms with Crippen molar-refractivity contribution in [3.05, 3.63) is 58.6 Å². The van der Waals surface area contributed by atoms with Gasteiger partial charge in [0.05, 0.1) is 16.1 Å². The van der Waals surface area contributed by atoms with E-state index in [0.29, 0.717) is 5.69 Å². The van der Waals surface area contributed by atoms with E-state index in [1.165, 1.54) is 24.3 Å². The molecule has 0 unspecified atom stereocenters. The Morgan fingerprint density at radius 1 is 1.25 bits per heavy atom. The van der Waals surface area contributed by atoms with Crippen molar-refractivity contribution < 1.29 is 14.0 Å². The first-order valence-corrected chi connectivity index (χ1v) is 5.87. The van der Waals surface area contributed by atoms with E-state index in [1.807, 2.05) is 0 Å². The molecule has 3 N–H and O–H groups in total. The van der Waals surface area contributed by atoms with Crippen LogP contribution in [0.25, 0.3) is 0 Å². The molecule has 2 rings (SSSR count). The number of carbonyl (C=O) groups is 2. The molecule has 0 atom stereocenters. The molecule has 0 saturated heterocycles. The minimum atomic E-state index is -0.699. The summed E-state index contributed by atoms with van der Waals surface area (Å²) in [6, 6.07) is 6.69. The van der Waals surface area contributed by atoms with Gasteiger partial charge in [0.2, 0.25) is 11.9 Å². The summed E-state index contributed by atoms with van der Waals surface area (Å²) in [5.41, 5.74) is 5.78. The second-order valence-electron chi connectivity index (χ2n) is 3.88. The van der Waals surface area contributed by atoms with Crippen LogP contribution in [0.15, 0.2) is 36.5 Å². The minimum Gasteiger partial charge on any atom is -0.366 e. The number of anilines is 1. The van der Waals surface area contributed by atoms with Crippen molar-refractivity contribution in [2.75, 3.05) is 5.32 Å². The Hall–Kier alpha value is -2.47. The van der Waals surface area contributed by atoms with Gasteiger partial charge in [0.25, 0.3) is 5.91 Å². The molecule has 2 aromatic rings. The standard InChI is InChI=1S/C13H9ClFN3O2/c14-10-3-2-8(5-9(10)12(16)19)18-13(20)7-1-4-11(15)17-6-7/h1-6H,(H2,16,19)(H,18,20). The maximum absolute atomic E-state index is 12.7. The summed E-state index contributed by atoms with van der Waals surface area (Å²) >= 11 is 5.80. The molecule has 102 valence electrons. The molecule has 0 saturated carbocycles. The molecule has 0 bridgehead atoms. The monoisotopic (exact) mass is 293 g/mol. The number of pyridine rings is 1. The smallest absolute Gasteiger partial charge is 0.257 e. The lowest BCUT2D eigenvalue weighted by Gasteiger charge is -2.07. The molecule has 1 heterocycles. The van der Waals surface area contributed by atoms with E-state index in [1.54, 1.807) is 0 Å². The van der Waals surface area contributed by atoms with Gasteiger partial charge in [-0.2, -0.15) is 4.39 Å². The van der Waals surface area contributed by atoms with Crippen molar-refractivity contribution in [2.45, 2.75) is 0 Å². The Bertz CT molecular complexity index is 674. The number of rotatable bonds is 3. The number of hydrogen-bond acceptors (Lipinski definition) is 3. The van der Waals surface area contributed by atoms with Gasteiger partial charge in [0, 0.05) is 11.9 Å². The summed E-state index contributed by atoms with van der Waals surface area (Å²) in [7, 11) is 0. The highest BCUT2D eigenvalue weighted by Crippen LogP contribution is 2.20. The van der Waals surface area contributed by atoms with Gasteiger partial charge in [-0.25, -0.2) is 4.98 Å². The van der Waals surface area contributed by atoms with E-state index in [2.05, 4.69) is 10.3 Å². The van der Waals surface area contributed by atoms with Crippen LogP contribution in [0.3, 0.4) is 0 Å². The summed E-state index contributed by atoms with van der Waals surface area (Å²) in [6.45, 7) is 0. The maximum atomic E-state index is 12.7. The van der Waals surface area contributed by atoms with Crippen LogP contribution in [0.5, 0.6) is 0 Å². The molecular formula is C13H9ClFN3O2. The van der Waals surface area contributed by atoms with Crippen LogP contribution in [0.1, 0.15) is 20.7 Å². The minimum absolute atomic E-state index is 0.0988. The van der Waals surface area contributed by atoms with Crippen molar-refractivity contribution in [2.24, 2.45) is 5.73 Å². The fraction of sp³-hybridized carbons (Fsp3) is 0. The van der Waals surface area contributed by atoms with E-state index < -0.39 is 17.8 Å². The number of hydrogen-bond donors (Lipinski definition) is 2. The van der Waals surface area contributed by atoms with Crippen LogP contribution in [-0.2, 0) is 0 Å². The van der Waals surface area contributed by atoms with Crippen molar-refractivity contribution in [1.82, 2.24) is 4.98 Å². The zero-order valence-electron chi connectivity index (χ0n) is 10.1. The molecule has 0 fully saturated rings. The van der Waals surface area contributed by atoms with Crippen molar-refractivity contribution in [3.63, 3.8) is 0 Å². The van der Waals surface area contributed by atoms with Crippen molar-refractivity contribution >= 4 is 29.1 Å². The molecule has 5 nitrogen and oxygen atoms in total. The van der Waals surface area contributed by atoms with Crippen LogP contribution in [0.4, 0.5) is 10.1 Å². The Morgan fingerprint density at radius 2 is 2.00 bits per heavy atom. The first kappa shape index (κ1) is 14.0. The highest BCUT2D eigenvalue weighted by atomic mass is 35.5. The first-order chi connectivity index (χ1) is 9.47. The van der Waals surface area contributed by atoms with Gasteiger partial charge in [-0.05, 0) is 30.3 Å². The number of amides is 2. The largest absolute Gasteiger partial charge is 0.366 e. The van der Waals surface area contributed by atoms with Gasteiger partial charge in [-0.15, -0.1) is 0 Å². The van der Waals surface area contributed by atoms with Gasteiger partial charge >= 0.3 is 0 Å². The molecule has 1 aromatic heterocycles. The van der Waals surface area contributed by atoms with E-state index in [9.17, 15) is 14.0 Å². The maximum Gasteiger partial charge on any atom is 0.257 e. The van der Waals surface area contributed by atoms with Gasteiger partial charge in [-0.1, -0.05) is 11.6 Å². The molecule has 0 aliphatic heterocycles. The van der Waals surface area contributed by atoms with E-state index in [4.69, 9.17) is 17.3 Å². The normalized spacial score (nSPS) is 10.1. The third kappa shape index (κ3) is 3.10. The molecule has 0 aliphatic rings. The highest BCUT2D eigenvalue weighted by molar-refractivity contribution is 6.34. The van der Waals surface area contributed by atoms with Gasteiger partial charge in [0.15, 0.2) is 0 Å². The number of aromatic nitrogens is 1. The second-order valence-corrected chi connectivity index (χ2v) is 4.29. The van der Waals surface area contributed by atoms with Crippen LogP contribution in [0.2, 0.25) is 5.02 Å². The number of nitrogens with two attached hydrogens (primary N) is 1. The number of benzene rings is 1. The zero-order chi connectivity index (χ0) is 14.7. The van der Waals surface area contributed by atoms with Crippen LogP contribution in [-0.4, -0.2) is 16.8 Å². The lowest BCUT2D eigenvalue weighted by atomic mass is 10.2. The Balaban J connectivity index is 2.21. The average Bonchev–Trinajstić information content (AvgIpc) is 2.41. The summed E-state index contributed by atoms with van der Waals surface area (Å²) in [4.78, 5) is 26.4. The van der Waals surface area contributed by atoms with Crippen molar-refractivity contribution in [3.8, 4) is 0 Å². The van der Waals surface area contributed by atoms with Gasteiger partial charge in [-0.3, -0.25) is 9.59 Å². The van der Waals surface area contributed by atoms with E-state index in [-0.39, 0.29) is 16.1 Å². The Kier molecular flexibility index (Phi) is 3.95. The quantitative estimate of drug-likeness (QED) is 0.851. The topological polar surface area (TPSA) is 85.1 Å². The van der Waals surface area contributed by atoms with Gasteiger partial charge in [0.1, 0.15) is 0 Å². The molecule has 7 heteroatoms.